The Hall–Kier alpha value is -2.01. The van der Waals surface area contributed by atoms with Gasteiger partial charge in [0.2, 0.25) is 5.95 Å². The highest BCUT2D eigenvalue weighted by molar-refractivity contribution is 5.57. The molecule has 5 nitrogen and oxygen atoms in total. The van der Waals surface area contributed by atoms with Gasteiger partial charge in [0.25, 0.3) is 0 Å². The molecule has 2 aromatic heterocycles. The maximum Gasteiger partial charge on any atom is 0.225 e. The summed E-state index contributed by atoms with van der Waals surface area (Å²) in [6, 6.07) is 5.80. The molecule has 18 heavy (non-hydrogen) atoms. The van der Waals surface area contributed by atoms with Gasteiger partial charge in [-0.15, -0.1) is 0 Å². The van der Waals surface area contributed by atoms with Crippen LogP contribution in [0.15, 0.2) is 36.8 Å². The molecule has 0 aromatic carbocycles. The van der Waals surface area contributed by atoms with E-state index in [0.29, 0.717) is 0 Å². The average molecular weight is 242 g/mol. The molecule has 92 valence electrons. The molecular weight excluding hydrogens is 228 g/mol. The highest BCUT2D eigenvalue weighted by Gasteiger charge is 2.13. The lowest BCUT2D eigenvalue weighted by Gasteiger charge is -2.26. The molecule has 5 heteroatoms. The molecule has 3 heterocycles. The Labute approximate surface area is 105 Å². The first kappa shape index (κ1) is 11.1. The lowest BCUT2D eigenvalue weighted by molar-refractivity contribution is 0.122. The standard InChI is InChI=1S/C13H14N4O/c1-2-4-14-12(3-1)11-9-15-13(16-10-11)17-5-7-18-8-6-17/h1-4,9-10H,5-8H2. The molecule has 2 aromatic rings. The van der Waals surface area contributed by atoms with Gasteiger partial charge in [0.15, 0.2) is 0 Å². The summed E-state index contributed by atoms with van der Waals surface area (Å²) in [7, 11) is 0. The number of nitrogens with zero attached hydrogens (tertiary/aromatic N) is 4. The first-order valence-corrected chi connectivity index (χ1v) is 5.99. The second kappa shape index (κ2) is 5.10. The zero-order chi connectivity index (χ0) is 12.2. The molecule has 0 N–H and O–H groups in total. The maximum atomic E-state index is 5.31. The van der Waals surface area contributed by atoms with Gasteiger partial charge in [0.05, 0.1) is 18.9 Å². The van der Waals surface area contributed by atoms with Crippen molar-refractivity contribution in [3.63, 3.8) is 0 Å². The van der Waals surface area contributed by atoms with Crippen LogP contribution in [0.5, 0.6) is 0 Å². The topological polar surface area (TPSA) is 51.1 Å². The van der Waals surface area contributed by atoms with E-state index in [-0.39, 0.29) is 0 Å². The minimum atomic E-state index is 0.741. The number of pyridine rings is 1. The third-order valence-corrected chi connectivity index (χ3v) is 2.89. The van der Waals surface area contributed by atoms with Crippen LogP contribution in [0, 0.1) is 0 Å². The quantitative estimate of drug-likeness (QED) is 0.796. The Morgan fingerprint density at radius 1 is 1.00 bits per heavy atom. The fourth-order valence-electron chi connectivity index (χ4n) is 1.91. The van der Waals surface area contributed by atoms with Gasteiger partial charge in [-0.05, 0) is 12.1 Å². The van der Waals surface area contributed by atoms with Crippen molar-refractivity contribution in [2.24, 2.45) is 0 Å². The van der Waals surface area contributed by atoms with E-state index in [1.165, 1.54) is 0 Å². The Bertz CT molecular complexity index is 494. The highest BCUT2D eigenvalue weighted by atomic mass is 16.5. The molecule has 0 amide bonds. The van der Waals surface area contributed by atoms with E-state index in [2.05, 4.69) is 19.9 Å². The lowest BCUT2D eigenvalue weighted by Crippen LogP contribution is -2.37. The fourth-order valence-corrected chi connectivity index (χ4v) is 1.91. The summed E-state index contributed by atoms with van der Waals surface area (Å²) in [4.78, 5) is 15.2. The number of hydrogen-bond acceptors (Lipinski definition) is 5. The van der Waals surface area contributed by atoms with E-state index < -0.39 is 0 Å². The second-order valence-electron chi connectivity index (χ2n) is 4.09. The largest absolute Gasteiger partial charge is 0.378 e. The lowest BCUT2D eigenvalue weighted by atomic mass is 10.2. The predicted molar refractivity (Wildman–Crippen MR) is 68.3 cm³/mol. The molecule has 1 saturated heterocycles. The van der Waals surface area contributed by atoms with E-state index in [1.807, 2.05) is 30.6 Å². The molecule has 0 atom stereocenters. The van der Waals surface area contributed by atoms with Crippen molar-refractivity contribution in [2.75, 3.05) is 31.2 Å². The summed E-state index contributed by atoms with van der Waals surface area (Å²) in [6.07, 6.45) is 5.41. The van der Waals surface area contributed by atoms with Gasteiger partial charge in [-0.25, -0.2) is 9.97 Å². The summed E-state index contributed by atoms with van der Waals surface area (Å²) < 4.78 is 5.31. The molecule has 0 spiro atoms. The second-order valence-corrected chi connectivity index (χ2v) is 4.09. The zero-order valence-corrected chi connectivity index (χ0v) is 9.99. The van der Waals surface area contributed by atoms with Crippen molar-refractivity contribution in [3.05, 3.63) is 36.8 Å². The number of hydrogen-bond donors (Lipinski definition) is 0. The van der Waals surface area contributed by atoms with Crippen LogP contribution < -0.4 is 4.90 Å². The zero-order valence-electron chi connectivity index (χ0n) is 9.99. The molecule has 0 saturated carbocycles. The Morgan fingerprint density at radius 2 is 1.78 bits per heavy atom. The van der Waals surface area contributed by atoms with Crippen LogP contribution in [0.4, 0.5) is 5.95 Å². The Kier molecular flexibility index (Phi) is 3.14. The molecule has 1 fully saturated rings. The summed E-state index contributed by atoms with van der Waals surface area (Å²) in [5.41, 5.74) is 1.83. The van der Waals surface area contributed by atoms with Gasteiger partial charge in [-0.3, -0.25) is 4.98 Å². The van der Waals surface area contributed by atoms with Crippen molar-refractivity contribution in [3.8, 4) is 11.3 Å². The summed E-state index contributed by atoms with van der Waals surface area (Å²) in [5, 5.41) is 0. The van der Waals surface area contributed by atoms with Gasteiger partial charge < -0.3 is 9.64 Å². The van der Waals surface area contributed by atoms with Gasteiger partial charge in [-0.1, -0.05) is 6.07 Å². The monoisotopic (exact) mass is 242 g/mol. The molecule has 0 unspecified atom stereocenters. The first-order chi connectivity index (χ1) is 8.93. The van der Waals surface area contributed by atoms with Crippen molar-refractivity contribution in [1.29, 1.82) is 0 Å². The molecule has 0 aliphatic carbocycles. The van der Waals surface area contributed by atoms with Crippen LogP contribution in [-0.4, -0.2) is 41.3 Å². The number of rotatable bonds is 2. The third-order valence-electron chi connectivity index (χ3n) is 2.89. The number of ether oxygens (including phenoxy) is 1. The SMILES string of the molecule is c1ccc(-c2cnc(N3CCOCC3)nc2)nc1. The average Bonchev–Trinajstić information content (AvgIpc) is 2.49. The molecule has 3 rings (SSSR count). The van der Waals surface area contributed by atoms with Gasteiger partial charge >= 0.3 is 0 Å². The summed E-state index contributed by atoms with van der Waals surface area (Å²) in [5.74, 6) is 0.762. The highest BCUT2D eigenvalue weighted by Crippen LogP contribution is 2.16. The number of morpholine rings is 1. The van der Waals surface area contributed by atoms with E-state index in [9.17, 15) is 0 Å². The van der Waals surface area contributed by atoms with Gasteiger partial charge in [-0.2, -0.15) is 0 Å². The molecule has 1 aliphatic heterocycles. The van der Waals surface area contributed by atoms with Crippen LogP contribution >= 0.6 is 0 Å². The van der Waals surface area contributed by atoms with Crippen molar-refractivity contribution >= 4 is 5.95 Å². The predicted octanol–water partition coefficient (Wildman–Crippen LogP) is 1.38. The Balaban J connectivity index is 1.80. The smallest absolute Gasteiger partial charge is 0.225 e. The molecule has 0 radical (unpaired) electrons. The first-order valence-electron chi connectivity index (χ1n) is 5.99. The van der Waals surface area contributed by atoms with Crippen LogP contribution in [0.2, 0.25) is 0 Å². The van der Waals surface area contributed by atoms with Gasteiger partial charge in [0.1, 0.15) is 0 Å². The fraction of sp³-hybridized carbons (Fsp3) is 0.308. The van der Waals surface area contributed by atoms with Crippen molar-refractivity contribution < 1.29 is 4.74 Å². The minimum Gasteiger partial charge on any atom is -0.378 e. The van der Waals surface area contributed by atoms with E-state index in [0.717, 1.165) is 43.5 Å². The molecule has 0 bridgehead atoms. The molecular formula is C13H14N4O. The van der Waals surface area contributed by atoms with Crippen LogP contribution in [0.25, 0.3) is 11.3 Å². The minimum absolute atomic E-state index is 0.741. The Morgan fingerprint density at radius 3 is 2.44 bits per heavy atom. The summed E-state index contributed by atoms with van der Waals surface area (Å²) >= 11 is 0. The maximum absolute atomic E-state index is 5.31. The number of aromatic nitrogens is 3. The molecule has 1 aliphatic rings. The normalized spacial score (nSPS) is 15.7. The van der Waals surface area contributed by atoms with E-state index >= 15 is 0 Å². The van der Waals surface area contributed by atoms with Crippen LogP contribution in [-0.2, 0) is 4.74 Å². The number of anilines is 1. The van der Waals surface area contributed by atoms with Crippen molar-refractivity contribution in [2.45, 2.75) is 0 Å². The van der Waals surface area contributed by atoms with Crippen molar-refractivity contribution in [1.82, 2.24) is 15.0 Å². The summed E-state index contributed by atoms with van der Waals surface area (Å²) in [6.45, 7) is 3.18. The van der Waals surface area contributed by atoms with Crippen LogP contribution in [0.1, 0.15) is 0 Å². The third kappa shape index (κ3) is 2.31. The van der Waals surface area contributed by atoms with Gasteiger partial charge in [0, 0.05) is 37.2 Å². The van der Waals surface area contributed by atoms with E-state index in [4.69, 9.17) is 4.74 Å². The van der Waals surface area contributed by atoms with E-state index in [1.54, 1.807) is 6.20 Å². The van der Waals surface area contributed by atoms with Crippen LogP contribution in [0.3, 0.4) is 0 Å².